The molecule has 3 rings (SSSR count). The zero-order valence-corrected chi connectivity index (χ0v) is 20.1. The molecule has 8 nitrogen and oxygen atoms in total. The smallest absolute Gasteiger partial charge is 0.407 e. The van der Waals surface area contributed by atoms with E-state index in [1.807, 2.05) is 42.7 Å². The molecule has 2 aromatic rings. The summed E-state index contributed by atoms with van der Waals surface area (Å²) in [5.74, 6) is -0.883. The molecule has 0 aliphatic heterocycles. The summed E-state index contributed by atoms with van der Waals surface area (Å²) < 4.78 is 10.4. The van der Waals surface area contributed by atoms with E-state index >= 15 is 0 Å². The lowest BCUT2D eigenvalue weighted by molar-refractivity contribution is -0.149. The Labute approximate surface area is 203 Å². The maximum atomic E-state index is 12.6. The van der Waals surface area contributed by atoms with Gasteiger partial charge in [-0.1, -0.05) is 48.5 Å². The van der Waals surface area contributed by atoms with Crippen LogP contribution in [-0.4, -0.2) is 67.5 Å². The van der Waals surface area contributed by atoms with Crippen LogP contribution in [0.5, 0.6) is 0 Å². The fourth-order valence-corrected chi connectivity index (χ4v) is 4.55. The van der Waals surface area contributed by atoms with Crippen molar-refractivity contribution in [1.82, 2.24) is 10.6 Å². The molecule has 34 heavy (non-hydrogen) atoms. The van der Waals surface area contributed by atoms with Crippen LogP contribution < -0.4 is 10.6 Å². The van der Waals surface area contributed by atoms with E-state index in [0.29, 0.717) is 12.2 Å². The molecule has 0 bridgehead atoms. The minimum atomic E-state index is -1.09. The number of nitrogens with one attached hydrogen (secondary N) is 2. The van der Waals surface area contributed by atoms with Crippen LogP contribution >= 0.6 is 11.8 Å². The maximum absolute atomic E-state index is 12.6. The lowest BCUT2D eigenvalue weighted by Crippen LogP contribution is -2.48. The van der Waals surface area contributed by atoms with Crippen LogP contribution in [0.25, 0.3) is 11.1 Å². The fourth-order valence-electron chi connectivity index (χ4n) is 4.08. The number of carboxylic acid groups (broad SMARTS) is 1. The number of rotatable bonds is 12. The van der Waals surface area contributed by atoms with Gasteiger partial charge in [0.15, 0.2) is 6.10 Å². The molecule has 1 unspecified atom stereocenters. The highest BCUT2D eigenvalue weighted by atomic mass is 32.2. The van der Waals surface area contributed by atoms with Gasteiger partial charge in [-0.05, 0) is 40.7 Å². The van der Waals surface area contributed by atoms with E-state index in [1.54, 1.807) is 11.8 Å². The Bertz CT molecular complexity index is 969. The van der Waals surface area contributed by atoms with E-state index in [9.17, 15) is 14.4 Å². The number of fused-ring (bicyclic) bond motifs is 3. The largest absolute Gasteiger partial charge is 0.479 e. The first-order chi connectivity index (χ1) is 16.5. The lowest BCUT2D eigenvalue weighted by atomic mass is 9.98. The lowest BCUT2D eigenvalue weighted by Gasteiger charge is -2.20. The minimum absolute atomic E-state index is 0.0707. The van der Waals surface area contributed by atoms with Crippen molar-refractivity contribution in [2.24, 2.45) is 0 Å². The first-order valence-corrected chi connectivity index (χ1v) is 12.5. The predicted octanol–water partition coefficient (Wildman–Crippen LogP) is 3.25. The molecular weight excluding hydrogens is 456 g/mol. The van der Waals surface area contributed by atoms with Gasteiger partial charge in [0.1, 0.15) is 12.6 Å². The molecule has 182 valence electrons. The second-order valence-corrected chi connectivity index (χ2v) is 8.93. The van der Waals surface area contributed by atoms with Crippen molar-refractivity contribution in [2.45, 2.75) is 30.9 Å². The van der Waals surface area contributed by atoms with E-state index < -0.39 is 24.2 Å². The second-order valence-electron chi connectivity index (χ2n) is 7.95. The molecular formula is C25H30N2O6S. The number of benzene rings is 2. The van der Waals surface area contributed by atoms with Crippen LogP contribution in [0.15, 0.2) is 48.5 Å². The van der Waals surface area contributed by atoms with Crippen LogP contribution in [0.2, 0.25) is 0 Å². The number of hydrogen-bond acceptors (Lipinski definition) is 6. The van der Waals surface area contributed by atoms with E-state index in [1.165, 1.54) is 7.11 Å². The Balaban J connectivity index is 1.58. The van der Waals surface area contributed by atoms with Gasteiger partial charge >= 0.3 is 12.1 Å². The van der Waals surface area contributed by atoms with Crippen molar-refractivity contribution in [2.75, 3.05) is 32.3 Å². The number of alkyl carbamates (subject to hydrolysis) is 1. The molecule has 2 aromatic carbocycles. The fraction of sp³-hybridized carbons (Fsp3) is 0.400. The third-order valence-electron chi connectivity index (χ3n) is 5.83. The molecule has 0 saturated heterocycles. The van der Waals surface area contributed by atoms with E-state index in [4.69, 9.17) is 14.6 Å². The Hall–Kier alpha value is -3.04. The minimum Gasteiger partial charge on any atom is -0.479 e. The highest BCUT2D eigenvalue weighted by molar-refractivity contribution is 7.98. The number of hydrogen-bond donors (Lipinski definition) is 3. The van der Waals surface area contributed by atoms with Crippen molar-refractivity contribution < 1.29 is 29.0 Å². The number of carbonyl (C=O) groups is 3. The average molecular weight is 487 g/mol. The summed E-state index contributed by atoms with van der Waals surface area (Å²) in [4.78, 5) is 36.3. The number of methoxy groups -OCH3 is 1. The SMILES string of the molecule is COC(CCNC(=O)[C@@H](CCSC)NC(=O)OCC1c2ccccc2-c2ccccc21)C(=O)O. The second kappa shape index (κ2) is 12.4. The molecule has 1 aliphatic rings. The summed E-state index contributed by atoms with van der Waals surface area (Å²) in [6.07, 6.45) is 0.795. The van der Waals surface area contributed by atoms with Gasteiger partial charge in [-0.25, -0.2) is 9.59 Å². The van der Waals surface area contributed by atoms with Crippen LogP contribution in [0, 0.1) is 0 Å². The van der Waals surface area contributed by atoms with Crippen molar-refractivity contribution in [3.63, 3.8) is 0 Å². The zero-order chi connectivity index (χ0) is 24.5. The van der Waals surface area contributed by atoms with Gasteiger partial charge in [0.25, 0.3) is 0 Å². The highest BCUT2D eigenvalue weighted by Crippen LogP contribution is 2.44. The van der Waals surface area contributed by atoms with Crippen LogP contribution in [0.3, 0.4) is 0 Å². The van der Waals surface area contributed by atoms with Crippen LogP contribution in [0.4, 0.5) is 4.79 Å². The number of thioether (sulfide) groups is 1. The summed E-state index contributed by atoms with van der Waals surface area (Å²) in [7, 11) is 1.31. The number of ether oxygens (including phenoxy) is 2. The van der Waals surface area contributed by atoms with Crippen molar-refractivity contribution in [3.05, 3.63) is 59.7 Å². The molecule has 0 spiro atoms. The molecule has 0 heterocycles. The van der Waals surface area contributed by atoms with E-state index in [-0.39, 0.29) is 31.4 Å². The number of carboxylic acids is 1. The molecule has 0 aromatic heterocycles. The van der Waals surface area contributed by atoms with E-state index in [2.05, 4.69) is 22.8 Å². The molecule has 0 radical (unpaired) electrons. The summed E-state index contributed by atoms with van der Waals surface area (Å²) in [5, 5.41) is 14.4. The van der Waals surface area contributed by atoms with Crippen LogP contribution in [-0.2, 0) is 19.1 Å². The Morgan fingerprint density at radius 1 is 1.03 bits per heavy atom. The third-order valence-corrected chi connectivity index (χ3v) is 6.47. The summed E-state index contributed by atoms with van der Waals surface area (Å²) >= 11 is 1.56. The Morgan fingerprint density at radius 3 is 2.21 bits per heavy atom. The first kappa shape index (κ1) is 25.6. The number of amides is 2. The number of carbonyl (C=O) groups excluding carboxylic acids is 2. The standard InChI is InChI=1S/C25H30N2O6S/c1-32-22(24(29)30)11-13-26-23(28)21(12-14-34-2)27-25(31)33-15-20-18-9-5-3-7-16(18)17-8-4-6-10-19(17)20/h3-10,20-22H,11-15H2,1-2H3,(H,26,28)(H,27,31)(H,29,30)/t21-,22?/m1/s1. The van der Waals surface area contributed by atoms with Gasteiger partial charge in [-0.3, -0.25) is 4.79 Å². The van der Waals surface area contributed by atoms with Gasteiger partial charge in [0.2, 0.25) is 5.91 Å². The third kappa shape index (κ3) is 6.30. The average Bonchev–Trinajstić information content (AvgIpc) is 3.16. The summed E-state index contributed by atoms with van der Waals surface area (Å²) in [5.41, 5.74) is 4.50. The summed E-state index contributed by atoms with van der Waals surface area (Å²) in [6, 6.07) is 15.4. The van der Waals surface area contributed by atoms with Crippen molar-refractivity contribution in [1.29, 1.82) is 0 Å². The maximum Gasteiger partial charge on any atom is 0.407 e. The van der Waals surface area contributed by atoms with Gasteiger partial charge in [0, 0.05) is 26.0 Å². The molecule has 0 saturated carbocycles. The summed E-state index contributed by atoms with van der Waals surface area (Å²) in [6.45, 7) is 0.274. The molecule has 0 fully saturated rings. The predicted molar refractivity (Wildman–Crippen MR) is 131 cm³/mol. The first-order valence-electron chi connectivity index (χ1n) is 11.1. The topological polar surface area (TPSA) is 114 Å². The molecule has 1 aliphatic carbocycles. The molecule has 9 heteroatoms. The zero-order valence-electron chi connectivity index (χ0n) is 19.3. The highest BCUT2D eigenvalue weighted by Gasteiger charge is 2.29. The Morgan fingerprint density at radius 2 is 1.65 bits per heavy atom. The quantitative estimate of drug-likeness (QED) is 0.422. The van der Waals surface area contributed by atoms with Gasteiger partial charge in [-0.15, -0.1) is 0 Å². The molecule has 2 amide bonds. The van der Waals surface area contributed by atoms with Crippen molar-refractivity contribution in [3.8, 4) is 11.1 Å². The molecule has 3 N–H and O–H groups in total. The Kier molecular flexibility index (Phi) is 9.35. The van der Waals surface area contributed by atoms with Crippen LogP contribution in [0.1, 0.15) is 29.9 Å². The molecule has 2 atom stereocenters. The van der Waals surface area contributed by atoms with Gasteiger partial charge in [0.05, 0.1) is 0 Å². The van der Waals surface area contributed by atoms with Gasteiger partial charge in [-0.2, -0.15) is 11.8 Å². The normalized spacial score (nSPS) is 13.9. The monoisotopic (exact) mass is 486 g/mol. The van der Waals surface area contributed by atoms with Gasteiger partial charge < -0.3 is 25.2 Å². The number of aliphatic carboxylic acids is 1. The van der Waals surface area contributed by atoms with Crippen molar-refractivity contribution >= 4 is 29.7 Å². The van der Waals surface area contributed by atoms with E-state index in [0.717, 1.165) is 22.3 Å².